The molecule has 226 valence electrons. The minimum atomic E-state index is -0.638. The molecule has 1 aromatic heterocycles. The molecule has 0 spiro atoms. The highest BCUT2D eigenvalue weighted by atomic mass is 16.5. The molecule has 43 heavy (non-hydrogen) atoms. The smallest absolute Gasteiger partial charge is 0.319 e. The third kappa shape index (κ3) is 6.40. The topological polar surface area (TPSA) is 75.7 Å². The van der Waals surface area contributed by atoms with Crippen molar-refractivity contribution in [2.24, 2.45) is 5.41 Å². The highest BCUT2D eigenvalue weighted by molar-refractivity contribution is 6.07. The maximum absolute atomic E-state index is 13.6. The van der Waals surface area contributed by atoms with E-state index in [0.29, 0.717) is 0 Å². The second-order valence-corrected chi connectivity index (χ2v) is 13.0. The largest absolute Gasteiger partial charge is 0.379 e. The van der Waals surface area contributed by atoms with Crippen LogP contribution >= 0.6 is 0 Å². The Morgan fingerprint density at radius 1 is 1.02 bits per heavy atom. The highest BCUT2D eigenvalue weighted by Crippen LogP contribution is 2.43. The number of aromatic nitrogens is 1. The molecule has 2 atom stereocenters. The summed E-state index contributed by atoms with van der Waals surface area (Å²) >= 11 is 0. The van der Waals surface area contributed by atoms with Crippen molar-refractivity contribution < 1.29 is 14.3 Å². The number of anilines is 1. The van der Waals surface area contributed by atoms with Gasteiger partial charge in [-0.1, -0.05) is 88.2 Å². The Hall–Kier alpha value is -3.52. The van der Waals surface area contributed by atoms with Gasteiger partial charge in [0.1, 0.15) is 5.60 Å². The number of morpholine rings is 1. The molecule has 2 unspecified atom stereocenters. The summed E-state index contributed by atoms with van der Waals surface area (Å²) in [6.07, 6.45) is 14.9. The lowest BCUT2D eigenvalue weighted by Gasteiger charge is -2.49. The first-order valence-corrected chi connectivity index (χ1v) is 15.7. The molecular weight excluding hydrogens is 536 g/mol. The molecule has 1 aliphatic heterocycles. The van der Waals surface area contributed by atoms with Crippen LogP contribution in [0, 0.1) is 5.41 Å². The van der Waals surface area contributed by atoms with E-state index in [1.54, 1.807) is 0 Å². The predicted molar refractivity (Wildman–Crippen MR) is 173 cm³/mol. The molecule has 3 aliphatic rings. The van der Waals surface area contributed by atoms with E-state index in [1.807, 2.05) is 36.5 Å². The zero-order valence-electron chi connectivity index (χ0n) is 25.6. The maximum atomic E-state index is 13.6. The van der Waals surface area contributed by atoms with Crippen LogP contribution in [0.1, 0.15) is 52.1 Å². The minimum absolute atomic E-state index is 0.210. The number of carbonyl (C=O) groups excluding carboxylic acids is 1. The number of rotatable bonds is 7. The fourth-order valence-corrected chi connectivity index (χ4v) is 6.69. The molecule has 2 aromatic carbocycles. The number of amides is 2. The van der Waals surface area contributed by atoms with E-state index in [4.69, 9.17) is 14.5 Å². The van der Waals surface area contributed by atoms with Gasteiger partial charge in [0.2, 0.25) is 0 Å². The van der Waals surface area contributed by atoms with Crippen LogP contribution in [0.25, 0.3) is 21.9 Å². The van der Waals surface area contributed by atoms with Crippen molar-refractivity contribution in [1.29, 1.82) is 0 Å². The summed E-state index contributed by atoms with van der Waals surface area (Å²) in [5.41, 5.74) is 3.10. The van der Waals surface area contributed by atoms with Gasteiger partial charge in [-0.25, -0.2) is 4.79 Å². The van der Waals surface area contributed by atoms with Crippen LogP contribution in [-0.2, 0) is 16.0 Å². The van der Waals surface area contributed by atoms with Crippen molar-refractivity contribution in [3.05, 3.63) is 84.7 Å². The summed E-state index contributed by atoms with van der Waals surface area (Å²) in [5, 5.41) is 8.46. The van der Waals surface area contributed by atoms with Gasteiger partial charge < -0.3 is 20.1 Å². The van der Waals surface area contributed by atoms with Crippen LogP contribution in [0.15, 0.2) is 79.0 Å². The van der Waals surface area contributed by atoms with Gasteiger partial charge in [0.05, 0.1) is 36.7 Å². The average Bonchev–Trinajstić information content (AvgIpc) is 3.52. The van der Waals surface area contributed by atoms with Gasteiger partial charge in [-0.2, -0.15) is 0 Å². The number of hydrogen-bond donors (Lipinski definition) is 2. The molecule has 2 amide bonds. The molecule has 3 aromatic rings. The number of urea groups is 1. The van der Waals surface area contributed by atoms with Gasteiger partial charge in [0.25, 0.3) is 0 Å². The molecular formula is C36H44N4O3. The molecule has 1 saturated carbocycles. The summed E-state index contributed by atoms with van der Waals surface area (Å²) in [7, 11) is 0. The van der Waals surface area contributed by atoms with E-state index in [0.717, 1.165) is 79.0 Å². The molecule has 2 fully saturated rings. The first-order chi connectivity index (χ1) is 20.8. The summed E-state index contributed by atoms with van der Waals surface area (Å²) in [6.45, 7) is 10.8. The molecule has 7 heteroatoms. The van der Waals surface area contributed by atoms with Crippen LogP contribution in [0.4, 0.5) is 10.5 Å². The van der Waals surface area contributed by atoms with Crippen molar-refractivity contribution >= 4 is 22.5 Å². The monoisotopic (exact) mass is 580 g/mol. The second kappa shape index (κ2) is 12.6. The number of pyridine rings is 1. The number of fused-ring (bicyclic) bond motifs is 1. The molecule has 2 N–H and O–H groups in total. The van der Waals surface area contributed by atoms with E-state index in [-0.39, 0.29) is 23.6 Å². The summed E-state index contributed by atoms with van der Waals surface area (Å²) in [6, 6.07) is 16.0. The lowest BCUT2D eigenvalue weighted by atomic mass is 9.69. The summed E-state index contributed by atoms with van der Waals surface area (Å²) in [4.78, 5) is 20.7. The van der Waals surface area contributed by atoms with Crippen LogP contribution in [0.3, 0.4) is 0 Å². The van der Waals surface area contributed by atoms with Gasteiger partial charge in [-0.05, 0) is 47.4 Å². The zero-order valence-corrected chi connectivity index (χ0v) is 25.6. The van der Waals surface area contributed by atoms with Crippen molar-refractivity contribution in [2.45, 2.75) is 70.7 Å². The van der Waals surface area contributed by atoms with Crippen molar-refractivity contribution in [3.8, 4) is 11.1 Å². The van der Waals surface area contributed by atoms with Gasteiger partial charge >= 0.3 is 6.03 Å². The van der Waals surface area contributed by atoms with Crippen LogP contribution in [0.5, 0.6) is 0 Å². The highest BCUT2D eigenvalue weighted by Gasteiger charge is 2.49. The third-order valence-corrected chi connectivity index (χ3v) is 9.14. The number of nitrogens with zero attached hydrogens (tertiary/aromatic N) is 2. The lowest BCUT2D eigenvalue weighted by Crippen LogP contribution is -2.61. The van der Waals surface area contributed by atoms with Crippen molar-refractivity contribution in [1.82, 2.24) is 15.2 Å². The Labute approximate surface area is 255 Å². The molecule has 6 rings (SSSR count). The van der Waals surface area contributed by atoms with Crippen molar-refractivity contribution in [2.75, 3.05) is 31.6 Å². The first-order valence-electron chi connectivity index (χ1n) is 15.7. The minimum Gasteiger partial charge on any atom is -0.379 e. The van der Waals surface area contributed by atoms with E-state index in [1.165, 1.54) is 12.8 Å². The SMILES string of the molecule is CC(C)(C)C1(OC2CCCC2)C=CC=CC1NC(=O)Nc1ccc(-c2ccc(CN3CCOCC3)nc2)c2ccccc12. The van der Waals surface area contributed by atoms with E-state index in [2.05, 4.69) is 78.8 Å². The molecule has 0 radical (unpaired) electrons. The predicted octanol–water partition coefficient (Wildman–Crippen LogP) is 7.09. The number of hydrogen-bond acceptors (Lipinski definition) is 5. The molecule has 2 heterocycles. The summed E-state index contributed by atoms with van der Waals surface area (Å²) in [5.74, 6) is 0. The second-order valence-electron chi connectivity index (χ2n) is 13.0. The van der Waals surface area contributed by atoms with Gasteiger partial charge in [-0.15, -0.1) is 0 Å². The molecule has 7 nitrogen and oxygen atoms in total. The summed E-state index contributed by atoms with van der Waals surface area (Å²) < 4.78 is 12.3. The Kier molecular flexibility index (Phi) is 8.66. The quantitative estimate of drug-likeness (QED) is 0.312. The van der Waals surface area contributed by atoms with E-state index >= 15 is 0 Å². The van der Waals surface area contributed by atoms with Crippen LogP contribution in [-0.4, -0.2) is 60.0 Å². The zero-order chi connectivity index (χ0) is 29.9. The van der Waals surface area contributed by atoms with Gasteiger partial charge in [0.15, 0.2) is 0 Å². The Morgan fingerprint density at radius 2 is 1.79 bits per heavy atom. The van der Waals surface area contributed by atoms with Gasteiger partial charge in [0, 0.05) is 36.8 Å². The lowest BCUT2D eigenvalue weighted by molar-refractivity contribution is -0.129. The number of nitrogens with one attached hydrogen (secondary N) is 2. The molecule has 1 saturated heterocycles. The first kappa shape index (κ1) is 29.5. The van der Waals surface area contributed by atoms with E-state index in [9.17, 15) is 4.79 Å². The molecule has 2 aliphatic carbocycles. The number of carbonyl (C=O) groups is 1. The Balaban J connectivity index is 1.20. The number of allylic oxidation sites excluding steroid dienone is 2. The number of ether oxygens (including phenoxy) is 2. The third-order valence-electron chi connectivity index (χ3n) is 9.14. The van der Waals surface area contributed by atoms with Crippen LogP contribution < -0.4 is 10.6 Å². The van der Waals surface area contributed by atoms with Crippen molar-refractivity contribution in [3.63, 3.8) is 0 Å². The fraction of sp³-hybridized carbons (Fsp3) is 0.444. The Bertz CT molecular complexity index is 1480. The average molecular weight is 581 g/mol. The van der Waals surface area contributed by atoms with E-state index < -0.39 is 5.60 Å². The van der Waals surface area contributed by atoms with Crippen LogP contribution in [0.2, 0.25) is 0 Å². The normalized spacial score (nSPS) is 23.1. The Morgan fingerprint density at radius 3 is 2.51 bits per heavy atom. The standard InChI is InChI=1S/C36H44N4O3/c1-35(2,3)36(43-28-10-4-5-11-28)19-9-8-14-33(36)39-34(41)38-32-18-17-29(30-12-6-7-13-31(30)32)26-15-16-27(37-24-26)25-40-20-22-42-23-21-40/h6-9,12-19,24,28,33H,4-5,10-11,20-23,25H2,1-3H3,(H2,38,39,41). The maximum Gasteiger partial charge on any atom is 0.319 e. The fourth-order valence-electron chi connectivity index (χ4n) is 6.69. The van der Waals surface area contributed by atoms with Gasteiger partial charge in [-0.3, -0.25) is 9.88 Å². The number of benzene rings is 2. The molecule has 0 bridgehead atoms.